The average molecular weight is 444 g/mol. The van der Waals surface area contributed by atoms with Gasteiger partial charge >= 0.3 is 0 Å². The van der Waals surface area contributed by atoms with Crippen LogP contribution in [0.2, 0.25) is 0 Å². The summed E-state index contributed by atoms with van der Waals surface area (Å²) in [6.45, 7) is 2.99. The maximum Gasteiger partial charge on any atom is 0.237 e. The molecule has 0 radical (unpaired) electrons. The lowest BCUT2D eigenvalue weighted by Crippen LogP contribution is -2.36. The molecule has 1 aliphatic rings. The van der Waals surface area contributed by atoms with Crippen LogP contribution >= 0.6 is 0 Å². The summed E-state index contributed by atoms with van der Waals surface area (Å²) in [5.74, 6) is 2.63. The van der Waals surface area contributed by atoms with Gasteiger partial charge in [-0.05, 0) is 18.2 Å². The molecule has 33 heavy (non-hydrogen) atoms. The van der Waals surface area contributed by atoms with E-state index >= 15 is 0 Å². The van der Waals surface area contributed by atoms with Gasteiger partial charge in [-0.2, -0.15) is 4.98 Å². The molecule has 1 fully saturated rings. The number of aromatic nitrogens is 3. The smallest absolute Gasteiger partial charge is 0.237 e. The Kier molecular flexibility index (Phi) is 5.77. The van der Waals surface area contributed by atoms with E-state index < -0.39 is 0 Å². The fourth-order valence-corrected chi connectivity index (χ4v) is 3.80. The van der Waals surface area contributed by atoms with Crippen molar-refractivity contribution >= 4 is 29.0 Å². The minimum absolute atomic E-state index is 0.355. The molecule has 9 heteroatoms. The number of nitrogens with zero attached hydrogens (tertiary/aromatic N) is 5. The van der Waals surface area contributed by atoms with Crippen molar-refractivity contribution in [2.24, 2.45) is 0 Å². The number of ether oxygens (including phenoxy) is 2. The number of rotatable bonds is 6. The fourth-order valence-electron chi connectivity index (χ4n) is 3.80. The lowest BCUT2D eigenvalue weighted by molar-refractivity contribution is 0.122. The predicted molar refractivity (Wildman–Crippen MR) is 126 cm³/mol. The highest BCUT2D eigenvalue weighted by Crippen LogP contribution is 2.39. The molecule has 1 aliphatic heterocycles. The van der Waals surface area contributed by atoms with Gasteiger partial charge in [-0.25, -0.2) is 4.98 Å². The quantitative estimate of drug-likeness (QED) is 0.472. The second kappa shape index (κ2) is 9.17. The molecule has 0 bridgehead atoms. The van der Waals surface area contributed by atoms with Crippen molar-refractivity contribution in [2.75, 3.05) is 48.9 Å². The van der Waals surface area contributed by atoms with Gasteiger partial charge in [-0.15, -0.1) is 0 Å². The number of hydrogen-bond acceptors (Lipinski definition) is 9. The van der Waals surface area contributed by atoms with Crippen molar-refractivity contribution in [1.82, 2.24) is 15.1 Å². The van der Waals surface area contributed by atoms with Crippen molar-refractivity contribution in [2.45, 2.75) is 0 Å². The van der Waals surface area contributed by atoms with Crippen LogP contribution < -0.4 is 20.3 Å². The van der Waals surface area contributed by atoms with E-state index in [9.17, 15) is 0 Å². The van der Waals surface area contributed by atoms with Gasteiger partial charge in [-0.1, -0.05) is 35.5 Å². The molecule has 5 rings (SSSR count). The molecule has 2 aromatic carbocycles. The highest BCUT2D eigenvalue weighted by Gasteiger charge is 2.23. The molecular weight excluding hydrogens is 420 g/mol. The van der Waals surface area contributed by atoms with E-state index in [-0.39, 0.29) is 0 Å². The number of morpholine rings is 1. The molecule has 168 valence electrons. The molecule has 0 amide bonds. The number of benzene rings is 2. The molecule has 2 aromatic heterocycles. The van der Waals surface area contributed by atoms with Crippen LogP contribution in [0.4, 0.5) is 29.0 Å². The lowest BCUT2D eigenvalue weighted by atomic mass is 10.1. The van der Waals surface area contributed by atoms with Crippen molar-refractivity contribution in [1.29, 1.82) is 0 Å². The number of anilines is 5. The molecule has 0 atom stereocenters. The molecule has 0 unspecified atom stereocenters. The van der Waals surface area contributed by atoms with Crippen LogP contribution in [-0.4, -0.2) is 48.5 Å². The summed E-state index contributed by atoms with van der Waals surface area (Å²) >= 11 is 0. The predicted octanol–water partition coefficient (Wildman–Crippen LogP) is 4.03. The average Bonchev–Trinajstić information content (AvgIpc) is 3.35. The minimum Gasteiger partial charge on any atom is -0.495 e. The zero-order valence-electron chi connectivity index (χ0n) is 18.2. The minimum atomic E-state index is 0.355. The summed E-state index contributed by atoms with van der Waals surface area (Å²) in [7, 11) is 1.66. The molecule has 1 saturated heterocycles. The molecule has 2 N–H and O–H groups in total. The van der Waals surface area contributed by atoms with Crippen molar-refractivity contribution in [3.05, 3.63) is 66.9 Å². The first-order valence-electron chi connectivity index (χ1n) is 10.6. The van der Waals surface area contributed by atoms with Crippen LogP contribution in [0.25, 0.3) is 11.3 Å². The van der Waals surface area contributed by atoms with E-state index in [1.165, 1.54) is 0 Å². The van der Waals surface area contributed by atoms with Gasteiger partial charge in [0.1, 0.15) is 11.6 Å². The van der Waals surface area contributed by atoms with E-state index in [0.717, 1.165) is 35.8 Å². The van der Waals surface area contributed by atoms with Gasteiger partial charge in [0.15, 0.2) is 11.6 Å². The summed E-state index contributed by atoms with van der Waals surface area (Å²) in [6.07, 6.45) is 1.61. The Morgan fingerprint density at radius 1 is 1.03 bits per heavy atom. The molecule has 0 aliphatic carbocycles. The van der Waals surface area contributed by atoms with Gasteiger partial charge in [-0.3, -0.25) is 4.90 Å². The first kappa shape index (κ1) is 20.8. The lowest BCUT2D eigenvalue weighted by Gasteiger charge is -2.30. The summed E-state index contributed by atoms with van der Waals surface area (Å²) in [5.41, 5.74) is 8.65. The molecular formula is C24H24N6O3. The Morgan fingerprint density at radius 3 is 2.61 bits per heavy atom. The number of nitrogen functional groups attached to an aromatic ring is 1. The summed E-state index contributed by atoms with van der Waals surface area (Å²) in [6, 6.07) is 19.2. The Hall–Kier alpha value is -4.11. The maximum absolute atomic E-state index is 5.96. The molecule has 3 heterocycles. The van der Waals surface area contributed by atoms with E-state index in [4.69, 9.17) is 19.7 Å². The summed E-state index contributed by atoms with van der Waals surface area (Å²) < 4.78 is 16.9. The van der Waals surface area contributed by atoms with Crippen LogP contribution in [0.3, 0.4) is 0 Å². The topological polar surface area (TPSA) is 103 Å². The van der Waals surface area contributed by atoms with Gasteiger partial charge in [0.25, 0.3) is 0 Å². The highest BCUT2D eigenvalue weighted by atomic mass is 16.5. The fraction of sp³-hybridized carbons (Fsp3) is 0.208. The van der Waals surface area contributed by atoms with Crippen molar-refractivity contribution < 1.29 is 14.0 Å². The van der Waals surface area contributed by atoms with Gasteiger partial charge in [0.05, 0.1) is 31.7 Å². The van der Waals surface area contributed by atoms with Gasteiger partial charge in [0.2, 0.25) is 5.95 Å². The van der Waals surface area contributed by atoms with E-state index in [0.29, 0.717) is 36.6 Å². The third kappa shape index (κ3) is 4.31. The van der Waals surface area contributed by atoms with Crippen LogP contribution in [0, 0.1) is 0 Å². The Bertz CT molecular complexity index is 1220. The van der Waals surface area contributed by atoms with Crippen molar-refractivity contribution in [3.8, 4) is 17.1 Å². The second-order valence-electron chi connectivity index (χ2n) is 7.49. The Morgan fingerprint density at radius 2 is 1.85 bits per heavy atom. The van der Waals surface area contributed by atoms with Gasteiger partial charge < -0.3 is 24.6 Å². The van der Waals surface area contributed by atoms with E-state index in [1.807, 2.05) is 54.6 Å². The van der Waals surface area contributed by atoms with Crippen LogP contribution in [0.15, 0.2) is 71.4 Å². The molecule has 0 saturated carbocycles. The van der Waals surface area contributed by atoms with E-state index in [2.05, 4.69) is 20.0 Å². The maximum atomic E-state index is 5.96. The summed E-state index contributed by atoms with van der Waals surface area (Å²) in [4.78, 5) is 12.9. The first-order chi connectivity index (χ1) is 16.2. The number of nitrogens with two attached hydrogens (primary N) is 1. The first-order valence-corrected chi connectivity index (χ1v) is 10.6. The Labute approximate surface area is 191 Å². The molecule has 0 spiro atoms. The van der Waals surface area contributed by atoms with Gasteiger partial charge in [0, 0.05) is 37.0 Å². The largest absolute Gasteiger partial charge is 0.495 e. The van der Waals surface area contributed by atoms with Crippen LogP contribution in [-0.2, 0) is 4.74 Å². The molecule has 9 nitrogen and oxygen atoms in total. The highest BCUT2D eigenvalue weighted by molar-refractivity contribution is 5.76. The number of methoxy groups -OCH3 is 1. The normalized spacial score (nSPS) is 13.7. The van der Waals surface area contributed by atoms with Crippen LogP contribution in [0.1, 0.15) is 0 Å². The Balaban J connectivity index is 1.57. The second-order valence-corrected chi connectivity index (χ2v) is 7.49. The van der Waals surface area contributed by atoms with Crippen LogP contribution in [0.5, 0.6) is 5.75 Å². The zero-order chi connectivity index (χ0) is 22.6. The third-order valence-corrected chi connectivity index (χ3v) is 5.42. The number of hydrogen-bond donors (Lipinski definition) is 1. The third-order valence-electron chi connectivity index (χ3n) is 5.42. The standard InChI is InChI=1S/C24H24N6O3/c1-31-21-15-18(7-8-19(21)29-11-13-32-14-12-29)30(24-26-10-9-22(25)27-24)23-16-20(33-28-23)17-5-3-2-4-6-17/h2-10,15-16H,11-14H2,1H3,(H2,25,26,27). The zero-order valence-corrected chi connectivity index (χ0v) is 18.2. The monoisotopic (exact) mass is 444 g/mol. The summed E-state index contributed by atoms with van der Waals surface area (Å²) in [5, 5.41) is 4.31. The van der Waals surface area contributed by atoms with Crippen molar-refractivity contribution in [3.63, 3.8) is 0 Å². The van der Waals surface area contributed by atoms with E-state index in [1.54, 1.807) is 24.3 Å². The SMILES string of the molecule is COc1cc(N(c2cc(-c3ccccc3)on2)c2nccc(N)n2)ccc1N1CCOCC1. The molecule has 4 aromatic rings.